The molecule has 0 saturated carbocycles. The second kappa shape index (κ2) is 9.19. The van der Waals surface area contributed by atoms with Crippen LogP contribution in [0, 0.1) is 6.92 Å². The summed E-state index contributed by atoms with van der Waals surface area (Å²) in [4.78, 5) is 19.3. The van der Waals surface area contributed by atoms with Crippen molar-refractivity contribution in [3.8, 4) is 0 Å². The van der Waals surface area contributed by atoms with E-state index in [1.807, 2.05) is 47.6 Å². The third kappa shape index (κ3) is 5.13. The minimum absolute atomic E-state index is 0.220. The lowest BCUT2D eigenvalue weighted by molar-refractivity contribution is 0.0568. The number of carbonyl (C=O) groups is 1. The highest BCUT2D eigenvalue weighted by Gasteiger charge is 2.39. The Morgan fingerprint density at radius 2 is 1.84 bits per heavy atom. The van der Waals surface area contributed by atoms with Crippen LogP contribution < -0.4 is 4.90 Å². The lowest BCUT2D eigenvalue weighted by Crippen LogP contribution is -2.42. The predicted molar refractivity (Wildman–Crippen MR) is 125 cm³/mol. The molecule has 0 aliphatic carbocycles. The quantitative estimate of drug-likeness (QED) is 0.624. The molecule has 1 atom stereocenters. The Hall–Kier alpha value is -2.45. The Bertz CT molecular complexity index is 1060. The molecule has 0 bridgehead atoms. The number of carbonyl (C=O) groups excluding carboxylic acids is 1. The SMILES string of the molecule is Cc1ccc(S(=O)(=O)N2CCC[C@H]2c2cccnc2N(C(=O)OC(C)(C)C)C(C)C)cc1. The molecule has 1 aliphatic rings. The molecule has 7 nitrogen and oxygen atoms in total. The molecule has 0 N–H and O–H groups in total. The molecule has 1 aliphatic heterocycles. The topological polar surface area (TPSA) is 79.8 Å². The number of hydrogen-bond acceptors (Lipinski definition) is 5. The number of aromatic nitrogens is 1. The summed E-state index contributed by atoms with van der Waals surface area (Å²) < 4.78 is 34.1. The number of amides is 1. The first-order valence-electron chi connectivity index (χ1n) is 11.0. The van der Waals surface area contributed by atoms with Crippen molar-refractivity contribution in [1.82, 2.24) is 9.29 Å². The maximum absolute atomic E-state index is 13.5. The van der Waals surface area contributed by atoms with E-state index in [-0.39, 0.29) is 10.9 Å². The first-order chi connectivity index (χ1) is 14.9. The molecule has 32 heavy (non-hydrogen) atoms. The Morgan fingerprint density at radius 3 is 2.44 bits per heavy atom. The van der Waals surface area contributed by atoms with Crippen LogP contribution in [0.2, 0.25) is 0 Å². The average Bonchev–Trinajstić information content (AvgIpc) is 3.18. The lowest BCUT2D eigenvalue weighted by Gasteiger charge is -2.32. The molecule has 1 saturated heterocycles. The molecule has 2 heterocycles. The van der Waals surface area contributed by atoms with E-state index in [9.17, 15) is 13.2 Å². The van der Waals surface area contributed by atoms with Crippen LogP contribution in [0.5, 0.6) is 0 Å². The fourth-order valence-corrected chi connectivity index (χ4v) is 5.58. The van der Waals surface area contributed by atoms with Gasteiger partial charge in [-0.15, -0.1) is 0 Å². The van der Waals surface area contributed by atoms with Crippen molar-refractivity contribution in [2.75, 3.05) is 11.4 Å². The molecule has 0 unspecified atom stereocenters. The number of hydrogen-bond donors (Lipinski definition) is 0. The van der Waals surface area contributed by atoms with Crippen molar-refractivity contribution < 1.29 is 17.9 Å². The van der Waals surface area contributed by atoms with Gasteiger partial charge in [-0.1, -0.05) is 23.8 Å². The summed E-state index contributed by atoms with van der Waals surface area (Å²) in [6.45, 7) is 11.6. The van der Waals surface area contributed by atoms with Crippen molar-refractivity contribution in [2.45, 2.75) is 77.0 Å². The van der Waals surface area contributed by atoms with Gasteiger partial charge >= 0.3 is 6.09 Å². The van der Waals surface area contributed by atoms with Gasteiger partial charge in [0.15, 0.2) is 0 Å². The van der Waals surface area contributed by atoms with E-state index < -0.39 is 27.8 Å². The molecule has 0 spiro atoms. The van der Waals surface area contributed by atoms with Crippen LogP contribution in [-0.2, 0) is 14.8 Å². The Balaban J connectivity index is 2.03. The van der Waals surface area contributed by atoms with E-state index >= 15 is 0 Å². The minimum atomic E-state index is -3.69. The summed E-state index contributed by atoms with van der Waals surface area (Å²) in [5.41, 5.74) is 1.05. The number of aryl methyl sites for hydroxylation is 1. The fraction of sp³-hybridized carbons (Fsp3) is 0.500. The Kier molecular flexibility index (Phi) is 6.95. The zero-order valence-corrected chi connectivity index (χ0v) is 20.5. The zero-order valence-electron chi connectivity index (χ0n) is 19.7. The Labute approximate surface area is 191 Å². The molecule has 1 amide bonds. The minimum Gasteiger partial charge on any atom is -0.443 e. The second-order valence-electron chi connectivity index (χ2n) is 9.45. The number of ether oxygens (including phenoxy) is 1. The smallest absolute Gasteiger partial charge is 0.416 e. The standard InChI is InChI=1S/C24H33N3O4S/c1-17(2)27(23(28)31-24(4,5)6)22-20(9-7-15-25-22)21-10-8-16-26(21)32(29,30)19-13-11-18(3)12-14-19/h7,9,11-15,17,21H,8,10,16H2,1-6H3/t21-/m0/s1. The maximum Gasteiger partial charge on any atom is 0.416 e. The summed E-state index contributed by atoms with van der Waals surface area (Å²) in [7, 11) is -3.69. The monoisotopic (exact) mass is 459 g/mol. The molecule has 2 aromatic rings. The van der Waals surface area contributed by atoms with Crippen LogP contribution in [0.3, 0.4) is 0 Å². The molecule has 1 aromatic carbocycles. The fourth-order valence-electron chi connectivity index (χ4n) is 3.91. The van der Waals surface area contributed by atoms with E-state index in [0.717, 1.165) is 12.0 Å². The molecule has 3 rings (SSSR count). The predicted octanol–water partition coefficient (Wildman–Crippen LogP) is 5.07. The molecule has 174 valence electrons. The van der Waals surface area contributed by atoms with E-state index in [1.54, 1.807) is 36.5 Å². The largest absolute Gasteiger partial charge is 0.443 e. The molecule has 1 fully saturated rings. The number of nitrogens with zero attached hydrogens (tertiary/aromatic N) is 3. The summed E-state index contributed by atoms with van der Waals surface area (Å²) in [6, 6.07) is 9.90. The van der Waals surface area contributed by atoms with E-state index in [2.05, 4.69) is 4.98 Å². The normalized spacial score (nSPS) is 17.5. The van der Waals surface area contributed by atoms with Crippen LogP contribution >= 0.6 is 0 Å². The zero-order chi connectivity index (χ0) is 23.7. The number of benzene rings is 1. The third-order valence-corrected chi connectivity index (χ3v) is 7.26. The second-order valence-corrected chi connectivity index (χ2v) is 11.3. The third-order valence-electron chi connectivity index (χ3n) is 5.34. The first-order valence-corrected chi connectivity index (χ1v) is 12.4. The van der Waals surface area contributed by atoms with Gasteiger partial charge in [0.25, 0.3) is 0 Å². The van der Waals surface area contributed by atoms with E-state index in [0.29, 0.717) is 24.3 Å². The van der Waals surface area contributed by atoms with Gasteiger partial charge in [0, 0.05) is 24.3 Å². The molecule has 0 radical (unpaired) electrons. The van der Waals surface area contributed by atoms with Crippen molar-refractivity contribution in [3.63, 3.8) is 0 Å². The summed E-state index contributed by atoms with van der Waals surface area (Å²) >= 11 is 0. The van der Waals surface area contributed by atoms with Crippen molar-refractivity contribution >= 4 is 21.9 Å². The highest BCUT2D eigenvalue weighted by atomic mass is 32.2. The van der Waals surface area contributed by atoms with Crippen LogP contribution in [0.25, 0.3) is 0 Å². The first kappa shape index (κ1) is 24.2. The number of rotatable bonds is 5. The van der Waals surface area contributed by atoms with Crippen LogP contribution in [0.15, 0.2) is 47.5 Å². The number of pyridine rings is 1. The van der Waals surface area contributed by atoms with Gasteiger partial charge in [-0.3, -0.25) is 4.90 Å². The lowest BCUT2D eigenvalue weighted by atomic mass is 10.1. The van der Waals surface area contributed by atoms with Gasteiger partial charge in [-0.25, -0.2) is 18.2 Å². The average molecular weight is 460 g/mol. The number of sulfonamides is 1. The Morgan fingerprint density at radius 1 is 1.19 bits per heavy atom. The van der Waals surface area contributed by atoms with E-state index in [1.165, 1.54) is 9.21 Å². The molecule has 8 heteroatoms. The summed E-state index contributed by atoms with van der Waals surface area (Å²) in [6.07, 6.45) is 2.51. The van der Waals surface area contributed by atoms with Crippen LogP contribution in [-0.4, -0.2) is 42.0 Å². The van der Waals surface area contributed by atoms with E-state index in [4.69, 9.17) is 4.74 Å². The molecular formula is C24H33N3O4S. The van der Waals surface area contributed by atoms with Crippen molar-refractivity contribution in [1.29, 1.82) is 0 Å². The van der Waals surface area contributed by atoms with Crippen LogP contribution in [0.4, 0.5) is 10.6 Å². The number of anilines is 1. The van der Waals surface area contributed by atoms with Gasteiger partial charge in [0.1, 0.15) is 11.4 Å². The highest BCUT2D eigenvalue weighted by Crippen LogP contribution is 2.40. The van der Waals surface area contributed by atoms with Crippen LogP contribution in [0.1, 0.15) is 64.6 Å². The van der Waals surface area contributed by atoms with Gasteiger partial charge in [-0.2, -0.15) is 4.31 Å². The molecular weight excluding hydrogens is 426 g/mol. The van der Waals surface area contributed by atoms with Gasteiger partial charge in [-0.05, 0) is 72.6 Å². The molecule has 1 aromatic heterocycles. The summed E-state index contributed by atoms with van der Waals surface area (Å²) in [5.74, 6) is 0.438. The van der Waals surface area contributed by atoms with Gasteiger partial charge in [0.05, 0.1) is 10.9 Å². The van der Waals surface area contributed by atoms with Crippen molar-refractivity contribution in [2.24, 2.45) is 0 Å². The van der Waals surface area contributed by atoms with Crippen molar-refractivity contribution in [3.05, 3.63) is 53.7 Å². The summed E-state index contributed by atoms with van der Waals surface area (Å²) in [5, 5.41) is 0. The highest BCUT2D eigenvalue weighted by molar-refractivity contribution is 7.89. The van der Waals surface area contributed by atoms with Gasteiger partial charge < -0.3 is 4.74 Å². The maximum atomic E-state index is 13.5. The van der Waals surface area contributed by atoms with Gasteiger partial charge in [0.2, 0.25) is 10.0 Å².